The maximum absolute atomic E-state index is 13.8. The van der Waals surface area contributed by atoms with Crippen LogP contribution in [0.4, 0.5) is 0 Å². The van der Waals surface area contributed by atoms with Gasteiger partial charge in [-0.05, 0) is 58.7 Å². The summed E-state index contributed by atoms with van der Waals surface area (Å²) in [5.41, 5.74) is 15.8. The van der Waals surface area contributed by atoms with E-state index in [0.717, 1.165) is 83.4 Å². The van der Waals surface area contributed by atoms with Gasteiger partial charge in [0.1, 0.15) is 0 Å². The fourth-order valence-corrected chi connectivity index (χ4v) is 9.38. The number of H-pyrrole nitrogens is 2. The first-order valence-corrected chi connectivity index (χ1v) is 20.1. The van der Waals surface area contributed by atoms with Crippen molar-refractivity contribution in [2.75, 3.05) is 14.2 Å². The quantitative estimate of drug-likeness (QED) is 0.143. The van der Waals surface area contributed by atoms with Crippen molar-refractivity contribution < 1.29 is 19.1 Å². The third kappa shape index (κ3) is 5.73. The van der Waals surface area contributed by atoms with Crippen LogP contribution in [-0.2, 0) is 19.1 Å². The van der Waals surface area contributed by atoms with E-state index in [4.69, 9.17) is 19.4 Å². The van der Waals surface area contributed by atoms with E-state index in [1.807, 2.05) is 78.9 Å². The third-order valence-corrected chi connectivity index (χ3v) is 11.9. The number of esters is 2. The van der Waals surface area contributed by atoms with Gasteiger partial charge in [-0.25, -0.2) is 19.6 Å². The molecule has 4 aliphatic rings. The summed E-state index contributed by atoms with van der Waals surface area (Å²) in [5, 5.41) is 3.62. The van der Waals surface area contributed by atoms with Gasteiger partial charge in [0.2, 0.25) is 0 Å². The zero-order valence-corrected chi connectivity index (χ0v) is 33.2. The van der Waals surface area contributed by atoms with Crippen LogP contribution in [0.2, 0.25) is 0 Å². The number of fused-ring (bicyclic) bond motifs is 14. The summed E-state index contributed by atoms with van der Waals surface area (Å²) in [6.45, 7) is 0. The van der Waals surface area contributed by atoms with Crippen molar-refractivity contribution in [3.63, 3.8) is 0 Å². The van der Waals surface area contributed by atoms with E-state index in [9.17, 15) is 9.59 Å². The first kappa shape index (κ1) is 36.2. The average molecular weight is 796 g/mol. The summed E-state index contributed by atoms with van der Waals surface area (Å²) in [4.78, 5) is 46.3. The van der Waals surface area contributed by atoms with Crippen molar-refractivity contribution in [2.24, 2.45) is 0 Å². The zero-order valence-electron chi connectivity index (χ0n) is 33.2. The minimum atomic E-state index is -0.717. The number of nitrogens with one attached hydrogen (secondary N) is 3. The number of benzene rings is 4. The van der Waals surface area contributed by atoms with Crippen LogP contribution in [0.1, 0.15) is 22.8 Å². The number of rotatable bonds is 6. The van der Waals surface area contributed by atoms with Gasteiger partial charge in [0.25, 0.3) is 0 Å². The molecule has 9 nitrogen and oxygen atoms in total. The first-order chi connectivity index (χ1) is 30.0. The summed E-state index contributed by atoms with van der Waals surface area (Å²) < 4.78 is 10.7. The number of aromatic nitrogens is 4. The molecule has 0 aliphatic carbocycles. The van der Waals surface area contributed by atoms with Crippen LogP contribution >= 0.6 is 0 Å². The normalized spacial score (nSPS) is 16.2. The monoisotopic (exact) mass is 795 g/mol. The standard InChI is InChI=1S/C52H37N5O4/c1-60-51(58)45-46(52(59)61-2)50-44-43(49(45)57-50)47-41(31-19-11-5-12-20-31)37-27-25-35(54-37)39(29-15-7-3-8-16-29)33-23-24-34(53-33)40(30-17-9-4-10-18-30)36-26-28-38(55-36)42(48(44)56-47)32-21-13-6-14-22-32/h3-28,49-50,53-54,57H,1-2H3/t49-,50+/m0/s1. The number of hydrogen-bond donors (Lipinski definition) is 3. The number of carbonyl (C=O) groups excluding carboxylic acids is 2. The summed E-state index contributed by atoms with van der Waals surface area (Å²) in [6, 6.07) is 47.9. The topological polar surface area (TPSA) is 122 Å². The van der Waals surface area contributed by atoms with Gasteiger partial charge in [-0.3, -0.25) is 5.32 Å². The van der Waals surface area contributed by atoms with Crippen molar-refractivity contribution in [1.82, 2.24) is 25.3 Å². The summed E-state index contributed by atoms with van der Waals surface area (Å²) >= 11 is 0. The largest absolute Gasteiger partial charge is 0.466 e. The highest BCUT2D eigenvalue weighted by Crippen LogP contribution is 2.54. The van der Waals surface area contributed by atoms with Gasteiger partial charge in [-0.2, -0.15) is 0 Å². The molecule has 61 heavy (non-hydrogen) atoms. The van der Waals surface area contributed by atoms with Gasteiger partial charge >= 0.3 is 11.9 Å². The van der Waals surface area contributed by atoms with Crippen LogP contribution in [0.3, 0.4) is 0 Å². The Balaban J connectivity index is 1.36. The molecular formula is C52H37N5O4. The summed E-state index contributed by atoms with van der Waals surface area (Å²) in [5.74, 6) is -1.21. The van der Waals surface area contributed by atoms with E-state index in [1.165, 1.54) is 14.2 Å². The van der Waals surface area contributed by atoms with E-state index >= 15 is 0 Å². The molecule has 0 fully saturated rings. The molecule has 0 saturated carbocycles. The fourth-order valence-electron chi connectivity index (χ4n) is 9.38. The summed E-state index contributed by atoms with van der Waals surface area (Å²) in [6.07, 6.45) is 4.10. The highest BCUT2D eigenvalue weighted by Gasteiger charge is 2.54. The molecule has 9 heteroatoms. The minimum absolute atomic E-state index is 0.217. The van der Waals surface area contributed by atoms with Gasteiger partial charge in [0.05, 0.1) is 60.2 Å². The lowest BCUT2D eigenvalue weighted by atomic mass is 9.82. The Morgan fingerprint density at radius 1 is 0.443 bits per heavy atom. The van der Waals surface area contributed by atoms with Gasteiger partial charge < -0.3 is 19.4 Å². The molecule has 7 heterocycles. The lowest BCUT2D eigenvalue weighted by molar-refractivity contribution is -0.139. The Bertz CT molecular complexity index is 3220. The van der Waals surface area contributed by atoms with Crippen molar-refractivity contribution in [1.29, 1.82) is 0 Å². The molecule has 4 aromatic carbocycles. The van der Waals surface area contributed by atoms with E-state index in [2.05, 4.69) is 94.2 Å². The smallest absolute Gasteiger partial charge is 0.336 e. The van der Waals surface area contributed by atoms with Crippen LogP contribution in [0, 0.1) is 0 Å². The second kappa shape index (κ2) is 14.4. The molecule has 294 valence electrons. The van der Waals surface area contributed by atoms with E-state index in [0.29, 0.717) is 17.1 Å². The number of ether oxygens (including phenoxy) is 2. The Morgan fingerprint density at radius 3 is 1.26 bits per heavy atom. The molecule has 10 bridgehead atoms. The molecule has 11 rings (SSSR count). The number of aromatic amines is 2. The maximum atomic E-state index is 13.8. The molecule has 0 amide bonds. The second-order valence-electron chi connectivity index (χ2n) is 15.2. The van der Waals surface area contributed by atoms with Crippen LogP contribution in [-0.4, -0.2) is 58.2 Å². The van der Waals surface area contributed by atoms with Crippen molar-refractivity contribution in [3.05, 3.63) is 180 Å². The van der Waals surface area contributed by atoms with Crippen LogP contribution in [0.15, 0.2) is 157 Å². The number of hydrogen-bond acceptors (Lipinski definition) is 7. The lowest BCUT2D eigenvalue weighted by Gasteiger charge is -2.19. The Hall–Kier alpha value is -7.88. The first-order valence-electron chi connectivity index (χ1n) is 20.1. The number of nitrogens with zero attached hydrogens (tertiary/aromatic N) is 2. The van der Waals surface area contributed by atoms with Gasteiger partial charge in [-0.1, -0.05) is 121 Å². The maximum Gasteiger partial charge on any atom is 0.336 e. The van der Waals surface area contributed by atoms with Crippen molar-refractivity contribution in [3.8, 4) is 44.5 Å². The molecule has 0 saturated heterocycles. The molecule has 7 aromatic rings. The molecule has 4 aliphatic heterocycles. The molecule has 0 unspecified atom stereocenters. The van der Waals surface area contributed by atoms with Crippen molar-refractivity contribution >= 4 is 57.3 Å². The predicted molar refractivity (Wildman–Crippen MR) is 240 cm³/mol. The van der Waals surface area contributed by atoms with Gasteiger partial charge in [0, 0.05) is 55.5 Å². The van der Waals surface area contributed by atoms with Crippen LogP contribution in [0.5, 0.6) is 0 Å². The molecule has 3 N–H and O–H groups in total. The molecule has 3 aromatic heterocycles. The number of carbonyl (C=O) groups is 2. The lowest BCUT2D eigenvalue weighted by Crippen LogP contribution is -2.29. The highest BCUT2D eigenvalue weighted by atomic mass is 16.5. The zero-order chi connectivity index (χ0) is 41.2. The second-order valence-corrected chi connectivity index (χ2v) is 15.2. The predicted octanol–water partition coefficient (Wildman–Crippen LogP) is 10.1. The number of methoxy groups -OCH3 is 2. The van der Waals surface area contributed by atoms with Crippen LogP contribution < -0.4 is 5.32 Å². The Morgan fingerprint density at radius 2 is 0.803 bits per heavy atom. The molecule has 0 radical (unpaired) electrons. The van der Waals surface area contributed by atoms with Gasteiger partial charge in [-0.15, -0.1) is 0 Å². The van der Waals surface area contributed by atoms with E-state index < -0.39 is 24.0 Å². The highest BCUT2D eigenvalue weighted by molar-refractivity contribution is 6.19. The molecule has 2 atom stereocenters. The Kier molecular flexibility index (Phi) is 8.57. The third-order valence-electron chi connectivity index (χ3n) is 11.9. The average Bonchev–Trinajstić information content (AvgIpc) is 4.18. The summed E-state index contributed by atoms with van der Waals surface area (Å²) in [7, 11) is 2.66. The molecular weight excluding hydrogens is 759 g/mol. The molecule has 0 spiro atoms. The van der Waals surface area contributed by atoms with Crippen LogP contribution in [0.25, 0.3) is 89.9 Å². The van der Waals surface area contributed by atoms with E-state index in [-0.39, 0.29) is 11.1 Å². The fraction of sp³-hybridized carbons (Fsp3) is 0.0769. The van der Waals surface area contributed by atoms with Crippen molar-refractivity contribution in [2.45, 2.75) is 12.1 Å². The van der Waals surface area contributed by atoms with Gasteiger partial charge in [0.15, 0.2) is 0 Å². The van der Waals surface area contributed by atoms with E-state index in [1.54, 1.807) is 0 Å². The minimum Gasteiger partial charge on any atom is -0.466 e. The Labute approximate surface area is 350 Å². The SMILES string of the molecule is COC(=O)C1=C(C(=O)OC)[C@@H]2N[C@H]1C1=C2c2nc1c(-c1ccccc1)c1ccc([nH]1)c(-c1ccccc1)c1ccc([nH]1)c(-c1ccccc1)c1nc(c2-c2ccccc2)C=C1.